The molecule has 2 aromatic rings. The highest BCUT2D eigenvalue weighted by atomic mass is 16.5. The number of carbonyl (C=O) groups excluding carboxylic acids is 1. The van der Waals surface area contributed by atoms with Gasteiger partial charge in [0.25, 0.3) is 0 Å². The summed E-state index contributed by atoms with van der Waals surface area (Å²) >= 11 is 0. The number of phenolic OH excluding ortho intramolecular Hbond substituents is 2. The second-order valence-corrected chi connectivity index (χ2v) is 4.89. The number of Topliss-reactive ketones (excluding diaryl/α,β-unsaturated/α-hetero) is 1. The van der Waals surface area contributed by atoms with Crippen molar-refractivity contribution in [3.63, 3.8) is 0 Å². The van der Waals surface area contributed by atoms with Crippen LogP contribution in [0.3, 0.4) is 0 Å². The third kappa shape index (κ3) is 1.90. The predicted molar refractivity (Wildman–Crippen MR) is 73.3 cm³/mol. The van der Waals surface area contributed by atoms with Crippen LogP contribution < -0.4 is 4.74 Å². The van der Waals surface area contributed by atoms with Crippen LogP contribution in [0.5, 0.6) is 17.2 Å². The largest absolute Gasteiger partial charge is 0.507 e. The van der Waals surface area contributed by atoms with Gasteiger partial charge in [0.2, 0.25) is 0 Å². The van der Waals surface area contributed by atoms with E-state index in [1.807, 2.05) is 30.3 Å². The quantitative estimate of drug-likeness (QED) is 0.835. The average Bonchev–Trinajstić information content (AvgIpc) is 2.45. The number of hydrogen-bond donors (Lipinski definition) is 2. The van der Waals surface area contributed by atoms with Gasteiger partial charge in [-0.25, -0.2) is 0 Å². The molecule has 4 nitrogen and oxygen atoms in total. The van der Waals surface area contributed by atoms with E-state index in [2.05, 4.69) is 0 Å². The molecule has 1 aliphatic heterocycles. The van der Waals surface area contributed by atoms with Gasteiger partial charge in [0.15, 0.2) is 5.78 Å². The maximum absolute atomic E-state index is 12.2. The SMILES string of the molecule is Cc1c(O)cc(O)c2c1O[C@H](c1ccccc1)CC2=O. The molecule has 0 amide bonds. The number of hydrogen-bond acceptors (Lipinski definition) is 4. The summed E-state index contributed by atoms with van der Waals surface area (Å²) < 4.78 is 5.84. The molecule has 2 aromatic carbocycles. The molecule has 0 spiro atoms. The molecule has 1 heterocycles. The molecule has 20 heavy (non-hydrogen) atoms. The van der Waals surface area contributed by atoms with Crippen molar-refractivity contribution in [1.29, 1.82) is 0 Å². The summed E-state index contributed by atoms with van der Waals surface area (Å²) in [6.45, 7) is 1.66. The van der Waals surface area contributed by atoms with Crippen LogP contribution in [-0.4, -0.2) is 16.0 Å². The Hall–Kier alpha value is -2.49. The highest BCUT2D eigenvalue weighted by Gasteiger charge is 2.32. The Bertz CT molecular complexity index is 677. The minimum absolute atomic E-state index is 0.0808. The lowest BCUT2D eigenvalue weighted by Gasteiger charge is -2.27. The van der Waals surface area contributed by atoms with Gasteiger partial charge < -0.3 is 14.9 Å². The van der Waals surface area contributed by atoms with E-state index in [1.54, 1.807) is 6.92 Å². The zero-order chi connectivity index (χ0) is 14.3. The van der Waals surface area contributed by atoms with Crippen molar-refractivity contribution in [1.82, 2.24) is 0 Å². The van der Waals surface area contributed by atoms with E-state index in [0.29, 0.717) is 5.56 Å². The summed E-state index contributed by atoms with van der Waals surface area (Å²) in [6.07, 6.45) is -0.217. The summed E-state index contributed by atoms with van der Waals surface area (Å²) in [5.74, 6) is -0.226. The molecule has 0 bridgehead atoms. The minimum Gasteiger partial charge on any atom is -0.507 e. The van der Waals surface area contributed by atoms with Crippen LogP contribution in [0.15, 0.2) is 36.4 Å². The highest BCUT2D eigenvalue weighted by molar-refractivity contribution is 6.03. The average molecular weight is 270 g/mol. The molecule has 3 rings (SSSR count). The van der Waals surface area contributed by atoms with Gasteiger partial charge in [-0.2, -0.15) is 0 Å². The molecule has 1 atom stereocenters. The molecule has 0 radical (unpaired) electrons. The zero-order valence-corrected chi connectivity index (χ0v) is 11.0. The molecule has 0 fully saturated rings. The van der Waals surface area contributed by atoms with E-state index in [9.17, 15) is 15.0 Å². The van der Waals surface area contributed by atoms with Crippen molar-refractivity contribution in [3.8, 4) is 17.2 Å². The molecule has 4 heteroatoms. The van der Waals surface area contributed by atoms with Crippen LogP contribution in [0.4, 0.5) is 0 Å². The number of ether oxygens (including phenoxy) is 1. The van der Waals surface area contributed by atoms with Gasteiger partial charge in [-0.3, -0.25) is 4.79 Å². The number of ketones is 1. The monoisotopic (exact) mass is 270 g/mol. The van der Waals surface area contributed by atoms with Gasteiger partial charge in [-0.15, -0.1) is 0 Å². The van der Waals surface area contributed by atoms with E-state index < -0.39 is 6.10 Å². The van der Waals surface area contributed by atoms with Crippen molar-refractivity contribution in [2.75, 3.05) is 0 Å². The number of benzene rings is 2. The lowest BCUT2D eigenvalue weighted by Crippen LogP contribution is -2.21. The Morgan fingerprint density at radius 1 is 1.15 bits per heavy atom. The fourth-order valence-corrected chi connectivity index (χ4v) is 2.45. The summed E-state index contributed by atoms with van der Waals surface area (Å²) in [5, 5.41) is 19.6. The molecule has 1 aliphatic rings. The fraction of sp³-hybridized carbons (Fsp3) is 0.188. The number of carbonyl (C=O) groups is 1. The summed E-state index contributed by atoms with van der Waals surface area (Å²) in [7, 11) is 0. The van der Waals surface area contributed by atoms with Crippen LogP contribution in [0.1, 0.15) is 34.0 Å². The molecule has 102 valence electrons. The Morgan fingerprint density at radius 3 is 2.55 bits per heavy atom. The van der Waals surface area contributed by atoms with Crippen molar-refractivity contribution >= 4 is 5.78 Å². The normalized spacial score (nSPS) is 17.4. The first-order chi connectivity index (χ1) is 9.58. The van der Waals surface area contributed by atoms with E-state index in [0.717, 1.165) is 5.56 Å². The van der Waals surface area contributed by atoms with Crippen LogP contribution in [0, 0.1) is 6.92 Å². The second kappa shape index (κ2) is 4.56. The van der Waals surface area contributed by atoms with E-state index in [-0.39, 0.29) is 35.0 Å². The third-order valence-electron chi connectivity index (χ3n) is 3.56. The smallest absolute Gasteiger partial charge is 0.174 e. The second-order valence-electron chi connectivity index (χ2n) is 4.89. The van der Waals surface area contributed by atoms with E-state index in [4.69, 9.17) is 4.74 Å². The van der Waals surface area contributed by atoms with E-state index >= 15 is 0 Å². The maximum Gasteiger partial charge on any atom is 0.174 e. The fourth-order valence-electron chi connectivity index (χ4n) is 2.45. The standard InChI is InChI=1S/C16H14O4/c1-9-11(17)7-12(18)15-13(19)8-14(20-16(9)15)10-5-3-2-4-6-10/h2-7,14,17-18H,8H2,1H3/t14-/m0/s1. The zero-order valence-electron chi connectivity index (χ0n) is 11.0. The minimum atomic E-state index is -0.393. The van der Waals surface area contributed by atoms with Crippen LogP contribution in [0.2, 0.25) is 0 Å². The number of phenols is 2. The Balaban J connectivity index is 2.09. The van der Waals surface area contributed by atoms with Gasteiger partial charge >= 0.3 is 0 Å². The van der Waals surface area contributed by atoms with Gasteiger partial charge in [0.05, 0.1) is 6.42 Å². The first-order valence-corrected chi connectivity index (χ1v) is 6.38. The lowest BCUT2D eigenvalue weighted by molar-refractivity contribution is 0.0843. The Labute approximate surface area is 116 Å². The summed E-state index contributed by atoms with van der Waals surface area (Å²) in [6, 6.07) is 10.6. The third-order valence-corrected chi connectivity index (χ3v) is 3.56. The van der Waals surface area contributed by atoms with Gasteiger partial charge in [0.1, 0.15) is 28.9 Å². The van der Waals surface area contributed by atoms with Crippen LogP contribution in [0.25, 0.3) is 0 Å². The molecule has 0 saturated heterocycles. The summed E-state index contributed by atoms with van der Waals surface area (Å²) in [4.78, 5) is 12.2. The van der Waals surface area contributed by atoms with Crippen molar-refractivity contribution in [2.45, 2.75) is 19.4 Å². The van der Waals surface area contributed by atoms with Crippen LogP contribution >= 0.6 is 0 Å². The first kappa shape index (κ1) is 12.5. The van der Waals surface area contributed by atoms with Gasteiger partial charge in [-0.1, -0.05) is 30.3 Å². The van der Waals surface area contributed by atoms with Crippen molar-refractivity contribution < 1.29 is 19.7 Å². The van der Waals surface area contributed by atoms with Gasteiger partial charge in [0, 0.05) is 11.6 Å². The van der Waals surface area contributed by atoms with Gasteiger partial charge in [-0.05, 0) is 12.5 Å². The van der Waals surface area contributed by atoms with Crippen molar-refractivity contribution in [2.24, 2.45) is 0 Å². The maximum atomic E-state index is 12.2. The molecular weight excluding hydrogens is 256 g/mol. The number of fused-ring (bicyclic) bond motifs is 1. The number of aromatic hydroxyl groups is 2. The van der Waals surface area contributed by atoms with E-state index in [1.165, 1.54) is 6.07 Å². The molecule has 2 N–H and O–H groups in total. The summed E-state index contributed by atoms with van der Waals surface area (Å²) in [5.41, 5.74) is 1.52. The highest BCUT2D eigenvalue weighted by Crippen LogP contribution is 2.44. The first-order valence-electron chi connectivity index (χ1n) is 6.38. The Kier molecular flexibility index (Phi) is 2.86. The molecule has 0 saturated carbocycles. The lowest BCUT2D eigenvalue weighted by atomic mass is 9.93. The predicted octanol–water partition coefficient (Wildman–Crippen LogP) is 3.11. The molecule has 0 aromatic heterocycles. The van der Waals surface area contributed by atoms with Crippen LogP contribution in [-0.2, 0) is 0 Å². The topological polar surface area (TPSA) is 66.8 Å². The number of rotatable bonds is 1. The van der Waals surface area contributed by atoms with Crippen molar-refractivity contribution in [3.05, 3.63) is 53.1 Å². The molecule has 0 unspecified atom stereocenters. The molecule has 0 aliphatic carbocycles. The molecular formula is C16H14O4. The Morgan fingerprint density at radius 2 is 1.85 bits per heavy atom.